The Morgan fingerprint density at radius 3 is 2.50 bits per heavy atom. The predicted molar refractivity (Wildman–Crippen MR) is 126 cm³/mol. The first-order valence-corrected chi connectivity index (χ1v) is 11.9. The molecule has 1 fully saturated rings. The first-order chi connectivity index (χ1) is 16.4. The normalized spacial score (nSPS) is 14.9. The monoisotopic (exact) mass is 488 g/mol. The molecule has 0 bridgehead atoms. The summed E-state index contributed by atoms with van der Waals surface area (Å²) < 4.78 is 20.6. The van der Waals surface area contributed by atoms with E-state index in [1.807, 2.05) is 18.2 Å². The summed E-state index contributed by atoms with van der Waals surface area (Å²) in [7, 11) is 2.53. The summed E-state index contributed by atoms with van der Waals surface area (Å²) in [6.45, 7) is 2.57. The second kappa shape index (κ2) is 10.4. The number of thiophene rings is 1. The van der Waals surface area contributed by atoms with Crippen LogP contribution in [-0.4, -0.2) is 56.3 Å². The number of carbonyl (C=O) groups is 3. The lowest BCUT2D eigenvalue weighted by Crippen LogP contribution is -2.39. The number of carbonyl (C=O) groups excluding carboxylic acids is 3. The molecule has 1 saturated carbocycles. The van der Waals surface area contributed by atoms with E-state index in [0.29, 0.717) is 17.9 Å². The highest BCUT2D eigenvalue weighted by Gasteiger charge is 2.29. The second-order valence-corrected chi connectivity index (χ2v) is 9.34. The van der Waals surface area contributed by atoms with Crippen LogP contribution in [0.4, 0.5) is 5.00 Å². The van der Waals surface area contributed by atoms with Gasteiger partial charge in [-0.1, -0.05) is 18.9 Å². The molecule has 2 heterocycles. The minimum Gasteiger partial charge on any atom is -0.465 e. The average Bonchev–Trinajstić information content (AvgIpc) is 3.58. The van der Waals surface area contributed by atoms with Crippen LogP contribution < -0.4 is 14.8 Å². The minimum atomic E-state index is -0.618. The number of esters is 2. The minimum absolute atomic E-state index is 0.143. The molecule has 1 N–H and O–H groups in total. The molecular weight excluding hydrogens is 460 g/mol. The molecule has 0 radical (unpaired) electrons. The maximum absolute atomic E-state index is 13.1. The van der Waals surface area contributed by atoms with Crippen LogP contribution in [0.15, 0.2) is 18.2 Å². The fourth-order valence-corrected chi connectivity index (χ4v) is 5.57. The smallest absolute Gasteiger partial charge is 0.348 e. The molecule has 182 valence electrons. The summed E-state index contributed by atoms with van der Waals surface area (Å²) in [5.74, 6) is -0.0228. The van der Waals surface area contributed by atoms with Gasteiger partial charge in [0, 0.05) is 12.6 Å². The summed E-state index contributed by atoms with van der Waals surface area (Å²) >= 11 is 1.01. The van der Waals surface area contributed by atoms with Gasteiger partial charge >= 0.3 is 11.9 Å². The van der Waals surface area contributed by atoms with E-state index in [1.165, 1.54) is 14.2 Å². The van der Waals surface area contributed by atoms with E-state index in [4.69, 9.17) is 18.9 Å². The lowest BCUT2D eigenvalue weighted by molar-refractivity contribution is -0.118. The number of rotatable bonds is 8. The van der Waals surface area contributed by atoms with Crippen molar-refractivity contribution in [1.82, 2.24) is 4.90 Å². The van der Waals surface area contributed by atoms with Crippen LogP contribution in [0.3, 0.4) is 0 Å². The lowest BCUT2D eigenvalue weighted by Gasteiger charge is -2.28. The highest BCUT2D eigenvalue weighted by molar-refractivity contribution is 7.18. The van der Waals surface area contributed by atoms with Gasteiger partial charge in [0.2, 0.25) is 12.7 Å². The number of hydrogen-bond donors (Lipinski definition) is 1. The summed E-state index contributed by atoms with van der Waals surface area (Å²) in [4.78, 5) is 40.0. The molecule has 1 aliphatic heterocycles. The summed E-state index contributed by atoms with van der Waals surface area (Å²) in [5.41, 5.74) is 1.62. The van der Waals surface area contributed by atoms with Crippen LogP contribution in [0, 0.1) is 6.92 Å². The zero-order chi connectivity index (χ0) is 24.2. The number of anilines is 1. The van der Waals surface area contributed by atoms with E-state index in [0.717, 1.165) is 48.3 Å². The van der Waals surface area contributed by atoms with Gasteiger partial charge < -0.3 is 24.3 Å². The SMILES string of the molecule is COC(=O)c1sc(NC(=O)CN(Cc2ccc3c(c2)OCO3)C2CCCC2)c(C(=O)OC)c1C. The average molecular weight is 489 g/mol. The van der Waals surface area contributed by atoms with Gasteiger partial charge in [-0.15, -0.1) is 11.3 Å². The van der Waals surface area contributed by atoms with Gasteiger partial charge in [-0.25, -0.2) is 9.59 Å². The summed E-state index contributed by atoms with van der Waals surface area (Å²) in [6.07, 6.45) is 4.30. The third kappa shape index (κ3) is 5.02. The molecule has 34 heavy (non-hydrogen) atoms. The van der Waals surface area contributed by atoms with Crippen molar-refractivity contribution in [3.63, 3.8) is 0 Å². The molecule has 1 aromatic carbocycles. The number of fused-ring (bicyclic) bond motifs is 1. The van der Waals surface area contributed by atoms with Crippen LogP contribution >= 0.6 is 11.3 Å². The topological polar surface area (TPSA) is 103 Å². The Morgan fingerprint density at radius 1 is 1.09 bits per heavy atom. The maximum Gasteiger partial charge on any atom is 0.348 e. The molecule has 4 rings (SSSR count). The van der Waals surface area contributed by atoms with E-state index in [-0.39, 0.29) is 40.7 Å². The van der Waals surface area contributed by atoms with Crippen LogP contribution in [0.5, 0.6) is 11.5 Å². The standard InChI is InChI=1S/C24H28N2O7S/c1-14-20(23(28)30-2)22(34-21(14)24(29)31-3)25-19(27)12-26(16-6-4-5-7-16)11-15-8-9-17-18(10-15)33-13-32-17/h8-10,16H,4-7,11-13H2,1-3H3,(H,25,27). The molecule has 0 saturated heterocycles. The predicted octanol–water partition coefficient (Wildman–Crippen LogP) is 3.74. The molecule has 2 aromatic rings. The third-order valence-corrected chi connectivity index (χ3v) is 7.36. The molecule has 9 nitrogen and oxygen atoms in total. The van der Waals surface area contributed by atoms with Gasteiger partial charge in [0.25, 0.3) is 0 Å². The molecule has 0 atom stereocenters. The van der Waals surface area contributed by atoms with Crippen molar-refractivity contribution in [2.45, 2.75) is 45.2 Å². The van der Waals surface area contributed by atoms with Crippen LogP contribution in [-0.2, 0) is 20.8 Å². The zero-order valence-corrected chi connectivity index (χ0v) is 20.3. The summed E-state index contributed by atoms with van der Waals surface area (Å²) in [5, 5.41) is 3.11. The van der Waals surface area contributed by atoms with Crippen molar-refractivity contribution in [3.05, 3.63) is 39.8 Å². The zero-order valence-electron chi connectivity index (χ0n) is 19.5. The second-order valence-electron chi connectivity index (χ2n) is 8.32. The molecule has 10 heteroatoms. The lowest BCUT2D eigenvalue weighted by atomic mass is 10.1. The van der Waals surface area contributed by atoms with Gasteiger partial charge in [-0.2, -0.15) is 0 Å². The number of ether oxygens (including phenoxy) is 4. The Kier molecular flexibility index (Phi) is 7.38. The number of benzene rings is 1. The van der Waals surface area contributed by atoms with Crippen LogP contribution in [0.25, 0.3) is 0 Å². The highest BCUT2D eigenvalue weighted by Crippen LogP contribution is 2.35. The molecule has 1 aromatic heterocycles. The highest BCUT2D eigenvalue weighted by atomic mass is 32.1. The molecule has 0 unspecified atom stereocenters. The van der Waals surface area contributed by atoms with Gasteiger partial charge in [0.15, 0.2) is 11.5 Å². The number of methoxy groups -OCH3 is 2. The maximum atomic E-state index is 13.1. The van der Waals surface area contributed by atoms with E-state index in [2.05, 4.69) is 10.2 Å². The Balaban J connectivity index is 1.53. The van der Waals surface area contributed by atoms with Crippen LogP contribution in [0.1, 0.15) is 56.8 Å². The Labute approximate surface area is 201 Å². The Morgan fingerprint density at radius 2 is 1.79 bits per heavy atom. The van der Waals surface area contributed by atoms with Crippen molar-refractivity contribution in [2.24, 2.45) is 0 Å². The summed E-state index contributed by atoms with van der Waals surface area (Å²) in [6, 6.07) is 6.10. The molecule has 1 amide bonds. The van der Waals surface area contributed by atoms with E-state index < -0.39 is 11.9 Å². The third-order valence-electron chi connectivity index (χ3n) is 6.17. The fourth-order valence-electron chi connectivity index (χ4n) is 4.44. The van der Waals surface area contributed by atoms with E-state index in [1.54, 1.807) is 6.92 Å². The first-order valence-electron chi connectivity index (χ1n) is 11.1. The van der Waals surface area contributed by atoms with Crippen molar-refractivity contribution < 1.29 is 33.3 Å². The molecular formula is C24H28N2O7S. The van der Waals surface area contributed by atoms with Crippen molar-refractivity contribution >= 4 is 34.2 Å². The molecule has 2 aliphatic rings. The number of hydrogen-bond acceptors (Lipinski definition) is 9. The van der Waals surface area contributed by atoms with E-state index >= 15 is 0 Å². The van der Waals surface area contributed by atoms with Crippen molar-refractivity contribution in [1.29, 1.82) is 0 Å². The number of nitrogens with one attached hydrogen (secondary N) is 1. The quantitative estimate of drug-likeness (QED) is 0.561. The fraction of sp³-hybridized carbons (Fsp3) is 0.458. The van der Waals surface area contributed by atoms with Crippen LogP contribution in [0.2, 0.25) is 0 Å². The largest absolute Gasteiger partial charge is 0.465 e. The van der Waals surface area contributed by atoms with Gasteiger partial charge in [0.1, 0.15) is 9.88 Å². The van der Waals surface area contributed by atoms with Crippen molar-refractivity contribution in [2.75, 3.05) is 32.9 Å². The van der Waals surface area contributed by atoms with Gasteiger partial charge in [-0.3, -0.25) is 9.69 Å². The van der Waals surface area contributed by atoms with Gasteiger partial charge in [0.05, 0.1) is 26.3 Å². The van der Waals surface area contributed by atoms with E-state index in [9.17, 15) is 14.4 Å². The first kappa shape index (κ1) is 24.0. The van der Waals surface area contributed by atoms with Crippen molar-refractivity contribution in [3.8, 4) is 11.5 Å². The Bertz CT molecular complexity index is 1090. The number of nitrogens with zero attached hydrogens (tertiary/aromatic N) is 1. The molecule has 1 aliphatic carbocycles. The van der Waals surface area contributed by atoms with Gasteiger partial charge in [-0.05, 0) is 43.0 Å². The number of amides is 1. The Hall–Kier alpha value is -3.11. The molecule has 0 spiro atoms.